The van der Waals surface area contributed by atoms with Crippen molar-refractivity contribution in [2.24, 2.45) is 5.92 Å². The van der Waals surface area contributed by atoms with Crippen molar-refractivity contribution in [1.29, 1.82) is 0 Å². The second-order valence-electron chi connectivity index (χ2n) is 5.19. The summed E-state index contributed by atoms with van der Waals surface area (Å²) in [6.45, 7) is 3.16. The van der Waals surface area contributed by atoms with Crippen LogP contribution >= 0.6 is 23.2 Å². The first-order valence-electron chi connectivity index (χ1n) is 7.28. The van der Waals surface area contributed by atoms with Gasteiger partial charge in [-0.05, 0) is 24.1 Å². The fourth-order valence-corrected chi connectivity index (χ4v) is 2.42. The topological polar surface area (TPSA) is 81.7 Å². The zero-order valence-corrected chi connectivity index (χ0v) is 15.1. The maximum absolute atomic E-state index is 11.9. The van der Waals surface area contributed by atoms with E-state index in [-0.39, 0.29) is 21.5 Å². The minimum Gasteiger partial charge on any atom is -0.467 e. The number of hydrogen-bond acceptors (Lipinski definition) is 5. The molecule has 0 saturated carbocycles. The highest BCUT2D eigenvalue weighted by Gasteiger charge is 2.27. The van der Waals surface area contributed by atoms with Crippen molar-refractivity contribution in [3.63, 3.8) is 0 Å². The summed E-state index contributed by atoms with van der Waals surface area (Å²) in [5, 5.41) is 3.06. The molecule has 1 N–H and O–H groups in total. The van der Waals surface area contributed by atoms with E-state index in [1.54, 1.807) is 0 Å². The molecule has 0 aliphatic rings. The lowest BCUT2D eigenvalue weighted by Gasteiger charge is -2.21. The number of hydrogen-bond donors (Lipinski definition) is 1. The monoisotopic (exact) mass is 375 g/mol. The Bertz CT molecular complexity index is 600. The lowest BCUT2D eigenvalue weighted by atomic mass is 9.99. The zero-order valence-electron chi connectivity index (χ0n) is 13.6. The Hall–Kier alpha value is -1.79. The molecule has 1 amide bonds. The second-order valence-corrected chi connectivity index (χ2v) is 6.06. The molecule has 132 valence electrons. The van der Waals surface area contributed by atoms with Crippen LogP contribution in [0.4, 0.5) is 0 Å². The third-order valence-corrected chi connectivity index (χ3v) is 3.85. The van der Waals surface area contributed by atoms with Crippen molar-refractivity contribution < 1.29 is 23.9 Å². The fourth-order valence-electron chi connectivity index (χ4n) is 1.90. The highest BCUT2D eigenvalue weighted by atomic mass is 35.5. The van der Waals surface area contributed by atoms with E-state index < -0.39 is 30.5 Å². The molecule has 0 unspecified atom stereocenters. The molecule has 0 aliphatic carbocycles. The second kappa shape index (κ2) is 9.49. The van der Waals surface area contributed by atoms with Crippen LogP contribution in [0.15, 0.2) is 18.2 Å². The highest BCUT2D eigenvalue weighted by Crippen LogP contribution is 2.19. The number of esters is 2. The SMILES string of the molecule is CC[C@H](C)[C@H](NC(=O)COC(=O)c1cc(Cl)cc(Cl)c1)C(=O)OC. The molecule has 2 atom stereocenters. The Morgan fingerprint density at radius 3 is 2.25 bits per heavy atom. The summed E-state index contributed by atoms with van der Waals surface area (Å²) in [7, 11) is 1.24. The van der Waals surface area contributed by atoms with Crippen LogP contribution in [-0.4, -0.2) is 37.6 Å². The Labute approximate surface area is 150 Å². The number of carbonyl (C=O) groups is 3. The molecule has 0 spiro atoms. The predicted octanol–water partition coefficient (Wildman–Crippen LogP) is 2.85. The summed E-state index contributed by atoms with van der Waals surface area (Å²) in [4.78, 5) is 35.5. The van der Waals surface area contributed by atoms with Gasteiger partial charge in [-0.1, -0.05) is 43.5 Å². The van der Waals surface area contributed by atoms with Gasteiger partial charge in [0.05, 0.1) is 12.7 Å². The lowest BCUT2D eigenvalue weighted by molar-refractivity contribution is -0.147. The number of rotatable bonds is 7. The minimum atomic E-state index is -0.799. The molecule has 0 bridgehead atoms. The summed E-state index contributed by atoms with van der Waals surface area (Å²) in [6, 6.07) is 3.43. The average Bonchev–Trinajstić information content (AvgIpc) is 2.55. The van der Waals surface area contributed by atoms with Crippen molar-refractivity contribution >= 4 is 41.0 Å². The molecule has 1 aromatic rings. The Kier molecular flexibility index (Phi) is 8.01. The summed E-state index contributed by atoms with van der Waals surface area (Å²) in [5.41, 5.74) is 0.131. The van der Waals surface area contributed by atoms with Gasteiger partial charge in [-0.3, -0.25) is 4.79 Å². The predicted molar refractivity (Wildman–Crippen MR) is 90.1 cm³/mol. The smallest absolute Gasteiger partial charge is 0.338 e. The standard InChI is InChI=1S/C16H19Cl2NO5/c1-4-9(2)14(16(22)23-3)19-13(20)8-24-15(21)10-5-11(17)7-12(18)6-10/h5-7,9,14H,4,8H2,1-3H3,(H,19,20)/t9-,14-/m0/s1. The van der Waals surface area contributed by atoms with E-state index >= 15 is 0 Å². The number of ether oxygens (including phenoxy) is 2. The Balaban J connectivity index is 2.64. The number of nitrogens with one attached hydrogen (secondary N) is 1. The van der Waals surface area contributed by atoms with Gasteiger partial charge in [-0.2, -0.15) is 0 Å². The summed E-state index contributed by atoms with van der Waals surface area (Å²) in [6.07, 6.45) is 0.668. The van der Waals surface area contributed by atoms with E-state index in [9.17, 15) is 14.4 Å². The van der Waals surface area contributed by atoms with Gasteiger partial charge < -0.3 is 14.8 Å². The van der Waals surface area contributed by atoms with Crippen LogP contribution < -0.4 is 5.32 Å². The lowest BCUT2D eigenvalue weighted by Crippen LogP contribution is -2.47. The summed E-state index contributed by atoms with van der Waals surface area (Å²) in [5.74, 6) is -2.02. The third-order valence-electron chi connectivity index (χ3n) is 3.42. The molecule has 24 heavy (non-hydrogen) atoms. The van der Waals surface area contributed by atoms with Crippen molar-refractivity contribution in [2.75, 3.05) is 13.7 Å². The van der Waals surface area contributed by atoms with Gasteiger partial charge in [0.2, 0.25) is 0 Å². The zero-order chi connectivity index (χ0) is 18.3. The number of halogens is 2. The fraction of sp³-hybridized carbons (Fsp3) is 0.438. The molecular weight excluding hydrogens is 357 g/mol. The van der Waals surface area contributed by atoms with Crippen LogP contribution in [0, 0.1) is 5.92 Å². The minimum absolute atomic E-state index is 0.121. The number of benzene rings is 1. The molecule has 0 aromatic heterocycles. The Morgan fingerprint density at radius 2 is 1.75 bits per heavy atom. The molecule has 0 saturated heterocycles. The van der Waals surface area contributed by atoms with Crippen LogP contribution in [-0.2, 0) is 19.1 Å². The van der Waals surface area contributed by atoms with E-state index in [1.807, 2.05) is 13.8 Å². The van der Waals surface area contributed by atoms with Crippen LogP contribution in [0.5, 0.6) is 0 Å². The largest absolute Gasteiger partial charge is 0.467 e. The van der Waals surface area contributed by atoms with Gasteiger partial charge in [-0.25, -0.2) is 9.59 Å². The van der Waals surface area contributed by atoms with Gasteiger partial charge >= 0.3 is 11.9 Å². The van der Waals surface area contributed by atoms with Gasteiger partial charge in [0.15, 0.2) is 6.61 Å². The molecule has 6 nitrogen and oxygen atoms in total. The van der Waals surface area contributed by atoms with Crippen LogP contribution in [0.3, 0.4) is 0 Å². The van der Waals surface area contributed by atoms with Gasteiger partial charge in [0, 0.05) is 10.0 Å². The molecule has 0 radical (unpaired) electrons. The third kappa shape index (κ3) is 6.02. The van der Waals surface area contributed by atoms with Crippen LogP contribution in [0.25, 0.3) is 0 Å². The number of methoxy groups -OCH3 is 1. The molecule has 1 aromatic carbocycles. The molecular formula is C16H19Cl2NO5. The normalized spacial score (nSPS) is 12.9. The van der Waals surface area contributed by atoms with E-state index in [0.29, 0.717) is 6.42 Å². The van der Waals surface area contributed by atoms with Crippen molar-refractivity contribution in [1.82, 2.24) is 5.32 Å². The van der Waals surface area contributed by atoms with Gasteiger partial charge in [0.25, 0.3) is 5.91 Å². The van der Waals surface area contributed by atoms with Gasteiger partial charge in [0.1, 0.15) is 6.04 Å². The van der Waals surface area contributed by atoms with E-state index in [1.165, 1.54) is 25.3 Å². The summed E-state index contributed by atoms with van der Waals surface area (Å²) >= 11 is 11.6. The summed E-state index contributed by atoms with van der Waals surface area (Å²) < 4.78 is 9.57. The maximum atomic E-state index is 11.9. The molecule has 8 heteroatoms. The maximum Gasteiger partial charge on any atom is 0.338 e. The first-order valence-corrected chi connectivity index (χ1v) is 8.04. The quantitative estimate of drug-likeness (QED) is 0.740. The van der Waals surface area contributed by atoms with E-state index in [0.717, 1.165) is 0 Å². The number of carbonyl (C=O) groups excluding carboxylic acids is 3. The van der Waals surface area contributed by atoms with Crippen LogP contribution in [0.2, 0.25) is 10.0 Å². The molecule has 0 fully saturated rings. The molecule has 0 heterocycles. The van der Waals surface area contributed by atoms with Crippen LogP contribution in [0.1, 0.15) is 30.6 Å². The highest BCUT2D eigenvalue weighted by molar-refractivity contribution is 6.35. The first-order chi connectivity index (χ1) is 11.3. The first kappa shape index (κ1) is 20.3. The molecule has 1 rings (SSSR count). The average molecular weight is 376 g/mol. The van der Waals surface area contributed by atoms with E-state index in [2.05, 4.69) is 10.1 Å². The molecule has 0 aliphatic heterocycles. The van der Waals surface area contributed by atoms with E-state index in [4.69, 9.17) is 27.9 Å². The van der Waals surface area contributed by atoms with Crippen molar-refractivity contribution in [2.45, 2.75) is 26.3 Å². The van der Waals surface area contributed by atoms with Crippen molar-refractivity contribution in [3.05, 3.63) is 33.8 Å². The van der Waals surface area contributed by atoms with Gasteiger partial charge in [-0.15, -0.1) is 0 Å². The van der Waals surface area contributed by atoms with Crippen molar-refractivity contribution in [3.8, 4) is 0 Å². The Morgan fingerprint density at radius 1 is 1.17 bits per heavy atom. The number of amides is 1.